The Balaban J connectivity index is 3.57. The summed E-state index contributed by atoms with van der Waals surface area (Å²) in [4.78, 5) is 13.3. The van der Waals surface area contributed by atoms with Gasteiger partial charge in [-0.2, -0.15) is 4.79 Å². The molecule has 0 saturated heterocycles. The Morgan fingerprint density at radius 3 is 2.29 bits per heavy atom. The van der Waals surface area contributed by atoms with Crippen molar-refractivity contribution in [3.05, 3.63) is 33.3 Å². The van der Waals surface area contributed by atoms with Crippen LogP contribution in [-0.4, -0.2) is 29.6 Å². The molecule has 17 heavy (non-hydrogen) atoms. The lowest BCUT2D eigenvalue weighted by Gasteiger charge is -2.08. The quantitative estimate of drug-likeness (QED) is 0.261. The highest BCUT2D eigenvalue weighted by Gasteiger charge is 2.24. The first-order valence-electron chi connectivity index (χ1n) is 4.64. The second kappa shape index (κ2) is 5.09. The van der Waals surface area contributed by atoms with Crippen molar-refractivity contribution in [2.45, 2.75) is 6.92 Å². The fraction of sp³-hybridized carbons (Fsp3) is 0.300. The van der Waals surface area contributed by atoms with E-state index in [9.17, 15) is 10.1 Å². The Morgan fingerprint density at radius 2 is 1.88 bits per heavy atom. The van der Waals surface area contributed by atoms with Gasteiger partial charge in [-0.05, 0) is 0 Å². The van der Waals surface area contributed by atoms with E-state index in [2.05, 4.69) is 4.79 Å². The minimum atomic E-state index is -0.577. The number of nitro groups is 1. The Labute approximate surface area is 97.4 Å². The van der Waals surface area contributed by atoms with Gasteiger partial charge in [0, 0.05) is 13.0 Å². The van der Waals surface area contributed by atoms with Crippen LogP contribution in [0.25, 0.3) is 5.53 Å². The third-order valence-corrected chi connectivity index (χ3v) is 2.24. The molecular formula is C10H11N3O4. The summed E-state index contributed by atoms with van der Waals surface area (Å²) in [6.07, 6.45) is 0. The molecule has 0 aliphatic carbocycles. The monoisotopic (exact) mass is 237 g/mol. The Bertz CT molecular complexity index is 507. The minimum Gasteiger partial charge on any atom is -0.493 e. The third-order valence-electron chi connectivity index (χ3n) is 2.24. The van der Waals surface area contributed by atoms with E-state index in [-0.39, 0.29) is 22.7 Å². The molecule has 0 aliphatic rings. The second-order valence-electron chi connectivity index (χ2n) is 3.17. The van der Waals surface area contributed by atoms with E-state index in [0.29, 0.717) is 5.75 Å². The predicted molar refractivity (Wildman–Crippen MR) is 59.6 cm³/mol. The minimum absolute atomic E-state index is 0.123. The van der Waals surface area contributed by atoms with Gasteiger partial charge in [-0.15, -0.1) is 0 Å². The SMILES string of the molecule is COc1cc(C(C)=[N+]=[N-])c([N+](=O)[O-])cc1OC. The van der Waals surface area contributed by atoms with Crippen LogP contribution < -0.4 is 9.47 Å². The predicted octanol–water partition coefficient (Wildman–Crippen LogP) is 1.65. The summed E-state index contributed by atoms with van der Waals surface area (Å²) < 4.78 is 9.99. The summed E-state index contributed by atoms with van der Waals surface area (Å²) in [7, 11) is 2.80. The zero-order valence-electron chi connectivity index (χ0n) is 9.63. The third kappa shape index (κ3) is 2.40. The van der Waals surface area contributed by atoms with Crippen molar-refractivity contribution in [2.75, 3.05) is 14.2 Å². The molecule has 0 fully saturated rings. The summed E-state index contributed by atoms with van der Waals surface area (Å²) in [6.45, 7) is 1.45. The van der Waals surface area contributed by atoms with Crippen LogP contribution in [0.4, 0.5) is 5.69 Å². The fourth-order valence-corrected chi connectivity index (χ4v) is 1.36. The van der Waals surface area contributed by atoms with E-state index >= 15 is 0 Å². The summed E-state index contributed by atoms with van der Waals surface area (Å²) in [5.74, 6) is 0.574. The van der Waals surface area contributed by atoms with Crippen LogP contribution in [0.3, 0.4) is 0 Å². The highest BCUT2D eigenvalue weighted by atomic mass is 16.6. The van der Waals surface area contributed by atoms with Crippen molar-refractivity contribution >= 4 is 11.4 Å². The lowest BCUT2D eigenvalue weighted by atomic mass is 10.1. The van der Waals surface area contributed by atoms with E-state index in [1.54, 1.807) is 0 Å². The van der Waals surface area contributed by atoms with E-state index in [0.717, 1.165) is 0 Å². The van der Waals surface area contributed by atoms with Crippen LogP contribution in [-0.2, 0) is 0 Å². The van der Waals surface area contributed by atoms with Gasteiger partial charge in [0.05, 0.1) is 25.2 Å². The molecule has 1 aromatic rings. The number of nitro benzene ring substituents is 1. The summed E-state index contributed by atoms with van der Waals surface area (Å²) in [6, 6.07) is 2.62. The molecule has 0 aromatic heterocycles. The zero-order valence-corrected chi connectivity index (χ0v) is 9.63. The Kier molecular flexibility index (Phi) is 3.79. The molecule has 0 saturated carbocycles. The largest absolute Gasteiger partial charge is 0.493 e. The van der Waals surface area contributed by atoms with E-state index in [4.69, 9.17) is 15.0 Å². The number of rotatable bonds is 4. The lowest BCUT2D eigenvalue weighted by Crippen LogP contribution is -2.04. The number of methoxy groups -OCH3 is 2. The number of hydrogen-bond donors (Lipinski definition) is 0. The van der Waals surface area contributed by atoms with Crippen molar-refractivity contribution in [1.29, 1.82) is 0 Å². The van der Waals surface area contributed by atoms with Crippen molar-refractivity contribution in [2.24, 2.45) is 0 Å². The van der Waals surface area contributed by atoms with Crippen LogP contribution in [0.15, 0.2) is 12.1 Å². The van der Waals surface area contributed by atoms with Crippen LogP contribution in [0.2, 0.25) is 0 Å². The highest BCUT2D eigenvalue weighted by molar-refractivity contribution is 5.99. The van der Waals surface area contributed by atoms with Gasteiger partial charge < -0.3 is 15.0 Å². The maximum absolute atomic E-state index is 10.9. The number of nitrogens with zero attached hydrogens (tertiary/aromatic N) is 3. The molecule has 0 radical (unpaired) electrons. The maximum atomic E-state index is 10.9. The molecule has 1 aromatic carbocycles. The van der Waals surface area contributed by atoms with Crippen LogP contribution >= 0.6 is 0 Å². The van der Waals surface area contributed by atoms with Crippen LogP contribution in [0, 0.1) is 10.1 Å². The van der Waals surface area contributed by atoms with Gasteiger partial charge in [0.25, 0.3) is 5.69 Å². The summed E-state index contributed by atoms with van der Waals surface area (Å²) in [5, 5.41) is 10.9. The first kappa shape index (κ1) is 12.7. The molecule has 90 valence electrons. The van der Waals surface area contributed by atoms with Crippen molar-refractivity contribution in [1.82, 2.24) is 0 Å². The molecule has 0 amide bonds. The maximum Gasteiger partial charge on any atom is 0.303 e. The van der Waals surface area contributed by atoms with Gasteiger partial charge in [-0.3, -0.25) is 10.1 Å². The second-order valence-corrected chi connectivity index (χ2v) is 3.17. The molecule has 0 spiro atoms. The molecule has 0 atom stereocenters. The smallest absolute Gasteiger partial charge is 0.303 e. The molecule has 0 bridgehead atoms. The molecule has 7 heteroatoms. The number of ether oxygens (including phenoxy) is 2. The average molecular weight is 237 g/mol. The standard InChI is InChI=1S/C10H11N3O4/c1-6(12-11)7-4-9(16-2)10(17-3)5-8(7)13(14)15/h4-5H,1-3H3. The molecule has 7 nitrogen and oxygen atoms in total. The Hall–Kier alpha value is -2.40. The topological polar surface area (TPSA) is 98.0 Å². The van der Waals surface area contributed by atoms with Crippen LogP contribution in [0.1, 0.15) is 12.5 Å². The first-order chi connectivity index (χ1) is 8.04. The zero-order chi connectivity index (χ0) is 13.0. The Morgan fingerprint density at radius 1 is 1.35 bits per heavy atom. The van der Waals surface area contributed by atoms with Gasteiger partial charge in [0.15, 0.2) is 11.5 Å². The van der Waals surface area contributed by atoms with E-state index in [1.165, 1.54) is 33.3 Å². The van der Waals surface area contributed by atoms with Crippen molar-refractivity contribution in [3.8, 4) is 11.5 Å². The van der Waals surface area contributed by atoms with Crippen molar-refractivity contribution < 1.29 is 19.2 Å². The number of hydrogen-bond acceptors (Lipinski definition) is 4. The van der Waals surface area contributed by atoms with Gasteiger partial charge in [-0.1, -0.05) is 0 Å². The lowest BCUT2D eigenvalue weighted by molar-refractivity contribution is -0.385. The molecule has 1 rings (SSSR count). The molecular weight excluding hydrogens is 226 g/mol. The van der Waals surface area contributed by atoms with Gasteiger partial charge in [0.1, 0.15) is 5.56 Å². The highest BCUT2D eigenvalue weighted by Crippen LogP contribution is 2.34. The molecule has 0 aliphatic heterocycles. The van der Waals surface area contributed by atoms with E-state index < -0.39 is 4.92 Å². The molecule has 0 N–H and O–H groups in total. The summed E-state index contributed by atoms with van der Waals surface area (Å²) >= 11 is 0. The van der Waals surface area contributed by atoms with Crippen molar-refractivity contribution in [3.63, 3.8) is 0 Å². The number of benzene rings is 1. The molecule has 0 unspecified atom stereocenters. The molecule has 0 heterocycles. The normalized spacial score (nSPS) is 9.35. The average Bonchev–Trinajstić information content (AvgIpc) is 2.35. The summed E-state index contributed by atoms with van der Waals surface area (Å²) in [5.41, 5.74) is 8.77. The van der Waals surface area contributed by atoms with E-state index in [1.807, 2.05) is 0 Å². The fourth-order valence-electron chi connectivity index (χ4n) is 1.36. The van der Waals surface area contributed by atoms with Crippen LogP contribution in [0.5, 0.6) is 11.5 Å². The van der Waals surface area contributed by atoms with Gasteiger partial charge in [0.2, 0.25) is 0 Å². The first-order valence-corrected chi connectivity index (χ1v) is 4.64. The van der Waals surface area contributed by atoms with Gasteiger partial charge >= 0.3 is 5.71 Å². The van der Waals surface area contributed by atoms with Gasteiger partial charge in [-0.25, -0.2) is 0 Å².